The van der Waals surface area contributed by atoms with Crippen molar-refractivity contribution in [2.75, 3.05) is 11.4 Å². The van der Waals surface area contributed by atoms with Crippen LogP contribution in [0.2, 0.25) is 0 Å². The van der Waals surface area contributed by atoms with Crippen molar-refractivity contribution in [1.82, 2.24) is 0 Å². The summed E-state index contributed by atoms with van der Waals surface area (Å²) in [5.41, 5.74) is 7.74. The van der Waals surface area contributed by atoms with Crippen LogP contribution in [0, 0.1) is 0 Å². The lowest BCUT2D eigenvalue weighted by molar-refractivity contribution is -0.119. The Morgan fingerprint density at radius 1 is 1.53 bits per heavy atom. The zero-order valence-corrected chi connectivity index (χ0v) is 10.1. The molecular formula is C11H13BrN2O. The summed E-state index contributed by atoms with van der Waals surface area (Å²) in [6.07, 6.45) is 0.938. The van der Waals surface area contributed by atoms with Crippen LogP contribution in [-0.2, 0) is 4.79 Å². The largest absolute Gasteiger partial charge is 0.316 e. The van der Waals surface area contributed by atoms with E-state index in [1.165, 1.54) is 0 Å². The van der Waals surface area contributed by atoms with Crippen LogP contribution in [0.1, 0.15) is 24.9 Å². The number of benzene rings is 1. The molecule has 1 aromatic rings. The Balaban J connectivity index is 2.46. The van der Waals surface area contributed by atoms with Crippen molar-refractivity contribution in [1.29, 1.82) is 0 Å². The Hall–Kier alpha value is -0.870. The number of nitrogens with two attached hydrogens (primary N) is 1. The molecule has 1 atom stereocenters. The van der Waals surface area contributed by atoms with E-state index < -0.39 is 6.04 Å². The third-order valence-corrected chi connectivity index (χ3v) is 3.09. The van der Waals surface area contributed by atoms with Crippen molar-refractivity contribution in [3.63, 3.8) is 0 Å². The predicted molar refractivity (Wildman–Crippen MR) is 63.7 cm³/mol. The minimum Gasteiger partial charge on any atom is -0.316 e. The number of carbonyl (C=O) groups is 1. The summed E-state index contributed by atoms with van der Waals surface area (Å²) in [6, 6.07) is 5.31. The number of halogens is 1. The van der Waals surface area contributed by atoms with Gasteiger partial charge in [-0.3, -0.25) is 4.79 Å². The quantitative estimate of drug-likeness (QED) is 0.894. The van der Waals surface area contributed by atoms with Gasteiger partial charge in [-0.15, -0.1) is 0 Å². The first-order valence-electron chi connectivity index (χ1n) is 5.01. The highest BCUT2D eigenvalue weighted by Crippen LogP contribution is 2.36. The summed E-state index contributed by atoms with van der Waals surface area (Å²) in [5.74, 6) is 0.00458. The van der Waals surface area contributed by atoms with Gasteiger partial charge in [0.1, 0.15) is 6.04 Å². The zero-order valence-electron chi connectivity index (χ0n) is 8.53. The maximum absolute atomic E-state index is 11.8. The average Bonchev–Trinajstić information content (AvgIpc) is 2.44. The zero-order chi connectivity index (χ0) is 11.0. The Labute approximate surface area is 97.4 Å². The Morgan fingerprint density at radius 3 is 2.93 bits per heavy atom. The van der Waals surface area contributed by atoms with Crippen LogP contribution in [0.3, 0.4) is 0 Å². The molecule has 80 valence electrons. The lowest BCUT2D eigenvalue weighted by atomic mass is 10.1. The van der Waals surface area contributed by atoms with E-state index in [0.717, 1.165) is 28.7 Å². The standard InChI is InChI=1S/C11H13BrN2O/c1-2-5-14-9-4-3-7(12)6-8(9)10(13)11(14)15/h3-4,6,10H,2,5,13H2,1H3. The molecule has 0 radical (unpaired) electrons. The molecule has 1 unspecified atom stereocenters. The Bertz CT molecular complexity index is 406. The van der Waals surface area contributed by atoms with E-state index >= 15 is 0 Å². The van der Waals surface area contributed by atoms with Crippen molar-refractivity contribution < 1.29 is 4.79 Å². The second-order valence-corrected chi connectivity index (χ2v) is 4.59. The van der Waals surface area contributed by atoms with Gasteiger partial charge in [0, 0.05) is 22.3 Å². The number of anilines is 1. The third kappa shape index (κ3) is 1.68. The van der Waals surface area contributed by atoms with Gasteiger partial charge in [-0.2, -0.15) is 0 Å². The molecule has 0 spiro atoms. The normalized spacial score (nSPS) is 19.5. The fourth-order valence-corrected chi connectivity index (χ4v) is 2.27. The van der Waals surface area contributed by atoms with Crippen molar-refractivity contribution in [2.24, 2.45) is 5.73 Å². The molecule has 1 aliphatic rings. The number of hydrogen-bond acceptors (Lipinski definition) is 2. The van der Waals surface area contributed by atoms with Crippen LogP contribution < -0.4 is 10.6 Å². The minimum atomic E-state index is -0.496. The van der Waals surface area contributed by atoms with Gasteiger partial charge < -0.3 is 10.6 Å². The maximum atomic E-state index is 11.8. The van der Waals surface area contributed by atoms with Gasteiger partial charge in [0.25, 0.3) is 0 Å². The first kappa shape index (κ1) is 10.6. The number of fused-ring (bicyclic) bond motifs is 1. The van der Waals surface area contributed by atoms with Gasteiger partial charge in [-0.05, 0) is 24.6 Å². The van der Waals surface area contributed by atoms with Crippen molar-refractivity contribution >= 4 is 27.5 Å². The van der Waals surface area contributed by atoms with Gasteiger partial charge >= 0.3 is 0 Å². The lowest BCUT2D eigenvalue weighted by Gasteiger charge is -2.16. The van der Waals surface area contributed by atoms with E-state index in [1.54, 1.807) is 4.90 Å². The Morgan fingerprint density at radius 2 is 2.27 bits per heavy atom. The van der Waals surface area contributed by atoms with Gasteiger partial charge in [-0.1, -0.05) is 22.9 Å². The number of hydrogen-bond donors (Lipinski definition) is 1. The average molecular weight is 269 g/mol. The first-order chi connectivity index (χ1) is 7.15. The molecule has 0 bridgehead atoms. The molecular weight excluding hydrogens is 256 g/mol. The number of nitrogens with zero attached hydrogens (tertiary/aromatic N) is 1. The molecule has 4 heteroatoms. The highest BCUT2D eigenvalue weighted by Gasteiger charge is 2.33. The van der Waals surface area contributed by atoms with Gasteiger partial charge in [0.15, 0.2) is 0 Å². The molecule has 15 heavy (non-hydrogen) atoms. The van der Waals surface area contributed by atoms with Crippen LogP contribution >= 0.6 is 15.9 Å². The number of carbonyl (C=O) groups excluding carboxylic acids is 1. The molecule has 3 nitrogen and oxygen atoms in total. The molecule has 1 aliphatic heterocycles. The fraction of sp³-hybridized carbons (Fsp3) is 0.364. The summed E-state index contributed by atoms with van der Waals surface area (Å²) < 4.78 is 0.961. The second kappa shape index (κ2) is 3.94. The minimum absolute atomic E-state index is 0.00458. The molecule has 0 saturated carbocycles. The van der Waals surface area contributed by atoms with Crippen LogP contribution in [-0.4, -0.2) is 12.5 Å². The second-order valence-electron chi connectivity index (χ2n) is 3.67. The van der Waals surface area contributed by atoms with E-state index in [9.17, 15) is 4.79 Å². The van der Waals surface area contributed by atoms with E-state index in [1.807, 2.05) is 18.2 Å². The molecule has 1 heterocycles. The predicted octanol–water partition coefficient (Wildman–Crippen LogP) is 2.21. The van der Waals surface area contributed by atoms with Crippen LogP contribution in [0.5, 0.6) is 0 Å². The molecule has 1 aromatic carbocycles. The SMILES string of the molecule is CCCN1C(=O)C(N)c2cc(Br)ccc21. The summed E-state index contributed by atoms with van der Waals surface area (Å²) in [7, 11) is 0. The van der Waals surface area contributed by atoms with E-state index in [0.29, 0.717) is 0 Å². The molecule has 2 N–H and O–H groups in total. The third-order valence-electron chi connectivity index (χ3n) is 2.59. The maximum Gasteiger partial charge on any atom is 0.248 e. The van der Waals surface area contributed by atoms with Crippen molar-refractivity contribution in [3.8, 4) is 0 Å². The highest BCUT2D eigenvalue weighted by atomic mass is 79.9. The van der Waals surface area contributed by atoms with E-state index in [2.05, 4.69) is 22.9 Å². The highest BCUT2D eigenvalue weighted by molar-refractivity contribution is 9.10. The number of rotatable bonds is 2. The van der Waals surface area contributed by atoms with Crippen LogP contribution in [0.25, 0.3) is 0 Å². The lowest BCUT2D eigenvalue weighted by Crippen LogP contribution is -2.32. The molecule has 2 rings (SSSR count). The van der Waals surface area contributed by atoms with E-state index in [-0.39, 0.29) is 5.91 Å². The van der Waals surface area contributed by atoms with Crippen molar-refractivity contribution in [2.45, 2.75) is 19.4 Å². The summed E-state index contributed by atoms with van der Waals surface area (Å²) in [4.78, 5) is 13.6. The first-order valence-corrected chi connectivity index (χ1v) is 5.81. The monoisotopic (exact) mass is 268 g/mol. The van der Waals surface area contributed by atoms with Gasteiger partial charge in [-0.25, -0.2) is 0 Å². The van der Waals surface area contributed by atoms with Gasteiger partial charge in [0.05, 0.1) is 0 Å². The summed E-state index contributed by atoms with van der Waals surface area (Å²) in [6.45, 7) is 2.79. The smallest absolute Gasteiger partial charge is 0.248 e. The summed E-state index contributed by atoms with van der Waals surface area (Å²) >= 11 is 3.39. The topological polar surface area (TPSA) is 46.3 Å². The summed E-state index contributed by atoms with van der Waals surface area (Å²) in [5, 5.41) is 0. The van der Waals surface area contributed by atoms with Crippen LogP contribution in [0.15, 0.2) is 22.7 Å². The number of amides is 1. The molecule has 0 aliphatic carbocycles. The molecule has 0 saturated heterocycles. The fourth-order valence-electron chi connectivity index (χ4n) is 1.89. The van der Waals surface area contributed by atoms with Crippen LogP contribution in [0.4, 0.5) is 5.69 Å². The molecule has 0 fully saturated rings. The molecule has 1 amide bonds. The van der Waals surface area contributed by atoms with E-state index in [4.69, 9.17) is 5.73 Å². The van der Waals surface area contributed by atoms with Crippen molar-refractivity contribution in [3.05, 3.63) is 28.2 Å². The molecule has 0 aromatic heterocycles. The Kier molecular flexibility index (Phi) is 2.80. The van der Waals surface area contributed by atoms with Gasteiger partial charge in [0.2, 0.25) is 5.91 Å².